The molecule has 0 aromatic carbocycles. The number of nitrogens with one attached hydrogen (secondary N) is 1. The lowest BCUT2D eigenvalue weighted by Crippen LogP contribution is -1.86. The second-order valence-electron chi connectivity index (χ2n) is 7.16. The molecule has 0 aromatic heterocycles. The monoisotopic (exact) mass is 362 g/mol. The van der Waals surface area contributed by atoms with Crippen molar-refractivity contribution in [2.75, 3.05) is 19.6 Å². The molecule has 0 fully saturated rings. The zero-order chi connectivity index (χ0) is 19.0. The van der Waals surface area contributed by atoms with Gasteiger partial charge in [-0.25, -0.2) is 20.4 Å². The van der Waals surface area contributed by atoms with Crippen LogP contribution >= 0.6 is 0 Å². The van der Waals surface area contributed by atoms with Gasteiger partial charge < -0.3 is 0 Å². The van der Waals surface area contributed by atoms with Crippen LogP contribution in [0.4, 0.5) is 0 Å². The van der Waals surface area contributed by atoms with Gasteiger partial charge in [-0.3, -0.25) is 0 Å². The third-order valence-electron chi connectivity index (χ3n) is 4.63. The number of rotatable bonds is 20. The molecule has 0 unspecified atom stereocenters. The Balaban J connectivity index is 3.17. The molecule has 4 nitrogen and oxygen atoms in total. The van der Waals surface area contributed by atoms with Crippen LogP contribution in [-0.4, -0.2) is 31.7 Å². The predicted octanol–water partition coefficient (Wildman–Crippen LogP) is 7.17. The van der Waals surface area contributed by atoms with Crippen LogP contribution in [0.5, 0.6) is 0 Å². The summed E-state index contributed by atoms with van der Waals surface area (Å²) in [5, 5.41) is 6.67. The minimum absolute atomic E-state index is 0.729. The second-order valence-corrected chi connectivity index (χ2v) is 7.16. The number of aliphatic imine (C=N–C) groups is 3. The third-order valence-corrected chi connectivity index (χ3v) is 4.63. The van der Waals surface area contributed by atoms with Crippen molar-refractivity contribution in [1.82, 2.24) is 0 Å². The molecule has 0 saturated heterocycles. The summed E-state index contributed by atoms with van der Waals surface area (Å²) >= 11 is 0. The van der Waals surface area contributed by atoms with Gasteiger partial charge in [0.2, 0.25) is 0 Å². The van der Waals surface area contributed by atoms with Gasteiger partial charge in [-0.15, -0.1) is 0 Å². The summed E-state index contributed by atoms with van der Waals surface area (Å²) in [4.78, 5) is 12.2. The lowest BCUT2D eigenvalue weighted by molar-refractivity contribution is 0.545. The largest absolute Gasteiger partial charge is 0.242 e. The Morgan fingerprint density at radius 1 is 0.500 bits per heavy atom. The molecule has 0 radical (unpaired) electrons. The van der Waals surface area contributed by atoms with Gasteiger partial charge >= 0.3 is 0 Å². The topological polar surface area (TPSA) is 60.9 Å². The Morgan fingerprint density at radius 2 is 0.846 bits per heavy atom. The van der Waals surface area contributed by atoms with Crippen molar-refractivity contribution in [2.45, 2.75) is 110 Å². The van der Waals surface area contributed by atoms with Crippen molar-refractivity contribution in [3.05, 3.63) is 0 Å². The zero-order valence-electron chi connectivity index (χ0n) is 17.3. The molecule has 0 spiro atoms. The average Bonchev–Trinajstić information content (AvgIpc) is 2.66. The Kier molecular flexibility index (Phi) is 22.6. The number of hydrogen-bond donors (Lipinski definition) is 1. The molecule has 0 aliphatic heterocycles. The van der Waals surface area contributed by atoms with E-state index in [0.29, 0.717) is 0 Å². The van der Waals surface area contributed by atoms with E-state index in [2.05, 4.69) is 33.9 Å². The van der Waals surface area contributed by atoms with Crippen LogP contribution in [0.3, 0.4) is 0 Å². The summed E-state index contributed by atoms with van der Waals surface area (Å²) in [7, 11) is 0. The molecule has 1 N–H and O–H groups in total. The number of nitrogens with zero attached hydrogens (tertiary/aromatic N) is 3. The first-order valence-electron chi connectivity index (χ1n) is 11.1. The van der Waals surface area contributed by atoms with Crippen molar-refractivity contribution in [1.29, 1.82) is 5.41 Å². The molecule has 0 aliphatic carbocycles. The van der Waals surface area contributed by atoms with E-state index in [4.69, 9.17) is 5.41 Å². The number of hydrogen-bond acceptors (Lipinski definition) is 4. The van der Waals surface area contributed by atoms with Crippen LogP contribution in [0.1, 0.15) is 110 Å². The Hall–Kier alpha value is -1.24. The van der Waals surface area contributed by atoms with Gasteiger partial charge in [0.15, 0.2) is 0 Å². The Labute approximate surface area is 162 Å². The van der Waals surface area contributed by atoms with Crippen LogP contribution in [0, 0.1) is 5.41 Å². The summed E-state index contributed by atoms with van der Waals surface area (Å²) in [6.45, 7) is 4.71. The van der Waals surface area contributed by atoms with Crippen molar-refractivity contribution in [3.63, 3.8) is 0 Å². The molecule has 150 valence electrons. The Morgan fingerprint density at radius 3 is 1.23 bits per heavy atom. The van der Waals surface area contributed by atoms with Crippen LogP contribution in [0.2, 0.25) is 0 Å². The maximum atomic E-state index is 6.67. The molecular formula is C22H42N4. The van der Waals surface area contributed by atoms with Crippen molar-refractivity contribution < 1.29 is 0 Å². The van der Waals surface area contributed by atoms with Gasteiger partial charge in [0, 0.05) is 19.6 Å². The summed E-state index contributed by atoms with van der Waals surface area (Å²) < 4.78 is 0. The normalized spacial score (nSPS) is 10.2. The lowest BCUT2D eigenvalue weighted by Gasteiger charge is -2.01. The quantitative estimate of drug-likeness (QED) is 0.176. The average molecular weight is 363 g/mol. The van der Waals surface area contributed by atoms with E-state index in [-0.39, 0.29) is 0 Å². The molecule has 0 aromatic rings. The first kappa shape index (κ1) is 24.8. The molecule has 0 bridgehead atoms. The van der Waals surface area contributed by atoms with Gasteiger partial charge in [0.05, 0.1) is 12.0 Å². The van der Waals surface area contributed by atoms with Gasteiger partial charge in [0.1, 0.15) is 0 Å². The smallest absolute Gasteiger partial charge is 0.0892 e. The molecule has 4 heteroatoms. The van der Waals surface area contributed by atoms with E-state index in [0.717, 1.165) is 45.3 Å². The molecule has 0 atom stereocenters. The molecule has 26 heavy (non-hydrogen) atoms. The molecule has 0 rings (SSSR count). The summed E-state index contributed by atoms with van der Waals surface area (Å²) in [6, 6.07) is 4.90. The van der Waals surface area contributed by atoms with E-state index < -0.39 is 0 Å². The lowest BCUT2D eigenvalue weighted by atomic mass is 10.1. The second kappa shape index (κ2) is 23.8. The zero-order valence-corrected chi connectivity index (χ0v) is 17.3. The molecular weight excluding hydrogens is 320 g/mol. The van der Waals surface area contributed by atoms with E-state index in [9.17, 15) is 0 Å². The van der Waals surface area contributed by atoms with E-state index in [1.807, 2.05) is 0 Å². The fourth-order valence-electron chi connectivity index (χ4n) is 2.97. The van der Waals surface area contributed by atoms with Gasteiger partial charge in [-0.1, -0.05) is 90.4 Å². The van der Waals surface area contributed by atoms with Gasteiger partial charge in [0.25, 0.3) is 0 Å². The SMILES string of the molecule is CCCCCCCCCCCCCCN=C=NCCCCCCN=C=N. The first-order chi connectivity index (χ1) is 12.9. The van der Waals surface area contributed by atoms with Crippen LogP contribution < -0.4 is 0 Å². The van der Waals surface area contributed by atoms with Crippen molar-refractivity contribution in [2.24, 2.45) is 15.0 Å². The van der Waals surface area contributed by atoms with Gasteiger partial charge in [-0.05, 0) is 19.3 Å². The van der Waals surface area contributed by atoms with Crippen molar-refractivity contribution in [3.8, 4) is 0 Å². The molecule has 0 aliphatic rings. The Bertz CT molecular complexity index is 380. The first-order valence-corrected chi connectivity index (χ1v) is 11.1. The minimum Gasteiger partial charge on any atom is -0.242 e. The predicted molar refractivity (Wildman–Crippen MR) is 114 cm³/mol. The van der Waals surface area contributed by atoms with Gasteiger partial charge in [-0.2, -0.15) is 0 Å². The summed E-state index contributed by atoms with van der Waals surface area (Å²) in [5.41, 5.74) is 0. The highest BCUT2D eigenvalue weighted by Crippen LogP contribution is 2.11. The number of unbranched alkanes of at least 4 members (excludes halogenated alkanes) is 14. The summed E-state index contributed by atoms with van der Waals surface area (Å²) in [6.07, 6.45) is 21.0. The maximum absolute atomic E-state index is 6.67. The molecule has 0 saturated carbocycles. The highest BCUT2D eigenvalue weighted by atomic mass is 14.8. The van der Waals surface area contributed by atoms with Crippen LogP contribution in [0.15, 0.2) is 15.0 Å². The van der Waals surface area contributed by atoms with E-state index >= 15 is 0 Å². The molecule has 0 amide bonds. The van der Waals surface area contributed by atoms with E-state index in [1.165, 1.54) is 77.0 Å². The van der Waals surface area contributed by atoms with Crippen molar-refractivity contribution >= 4 is 12.0 Å². The highest BCUT2D eigenvalue weighted by Gasteiger charge is 1.93. The third kappa shape index (κ3) is 22.8. The molecule has 0 heterocycles. The standard InChI is InChI=1S/C22H42N4/c1-2-3-4-5-6-7-8-9-10-11-12-16-19-25-22-26-20-17-14-13-15-18-24-21-23/h23H,2-20H2,1H3. The summed E-state index contributed by atoms with van der Waals surface area (Å²) in [5.74, 6) is 0. The van der Waals surface area contributed by atoms with Crippen LogP contribution in [0.25, 0.3) is 0 Å². The fraction of sp³-hybridized carbons (Fsp3) is 0.909. The maximum Gasteiger partial charge on any atom is 0.0892 e. The van der Waals surface area contributed by atoms with E-state index in [1.54, 1.807) is 0 Å². The van der Waals surface area contributed by atoms with Crippen LogP contribution in [-0.2, 0) is 0 Å². The highest BCUT2D eigenvalue weighted by molar-refractivity contribution is 5.40. The minimum atomic E-state index is 0.729. The fourth-order valence-corrected chi connectivity index (χ4v) is 2.97.